The molecule has 5 heteroatoms. The van der Waals surface area contributed by atoms with Gasteiger partial charge in [0.15, 0.2) is 0 Å². The molecule has 0 aliphatic rings. The van der Waals surface area contributed by atoms with E-state index in [-0.39, 0.29) is 23.8 Å². The topological polar surface area (TPSA) is 92.4 Å². The number of hydrogen-bond donors (Lipinski definition) is 3. The van der Waals surface area contributed by atoms with Gasteiger partial charge in [0.25, 0.3) is 0 Å². The Balaban J connectivity index is 4.40. The molecule has 0 spiro atoms. The molecule has 0 saturated carbocycles. The second-order valence-corrected chi connectivity index (χ2v) is 4.68. The van der Waals surface area contributed by atoms with E-state index in [1.807, 2.05) is 13.8 Å². The summed E-state index contributed by atoms with van der Waals surface area (Å²) in [6.45, 7) is 7.24. The lowest BCUT2D eigenvalue weighted by Crippen LogP contribution is -2.47. The monoisotopic (exact) mass is 230 g/mol. The highest BCUT2D eigenvalue weighted by molar-refractivity contribution is 5.85. The van der Waals surface area contributed by atoms with E-state index in [2.05, 4.69) is 5.32 Å². The van der Waals surface area contributed by atoms with E-state index in [1.165, 1.54) is 0 Å². The van der Waals surface area contributed by atoms with Gasteiger partial charge in [0, 0.05) is 12.0 Å². The van der Waals surface area contributed by atoms with Gasteiger partial charge in [-0.05, 0) is 19.3 Å². The smallest absolute Gasteiger partial charge is 0.326 e. The van der Waals surface area contributed by atoms with Gasteiger partial charge in [0.1, 0.15) is 6.04 Å². The van der Waals surface area contributed by atoms with Crippen molar-refractivity contribution >= 4 is 11.9 Å². The van der Waals surface area contributed by atoms with E-state index in [4.69, 9.17) is 10.8 Å². The minimum Gasteiger partial charge on any atom is -0.480 e. The largest absolute Gasteiger partial charge is 0.480 e. The maximum atomic E-state index is 11.6. The van der Waals surface area contributed by atoms with Crippen molar-refractivity contribution in [2.45, 2.75) is 46.2 Å². The molecular weight excluding hydrogens is 208 g/mol. The highest BCUT2D eigenvalue weighted by Crippen LogP contribution is 2.07. The molecular formula is C11H22N2O3. The van der Waals surface area contributed by atoms with Gasteiger partial charge in [0.05, 0.1) is 0 Å². The highest BCUT2D eigenvalue weighted by Gasteiger charge is 2.25. The van der Waals surface area contributed by atoms with E-state index < -0.39 is 12.0 Å². The molecule has 0 aromatic carbocycles. The van der Waals surface area contributed by atoms with Crippen molar-refractivity contribution in [3.63, 3.8) is 0 Å². The Morgan fingerprint density at radius 3 is 2.06 bits per heavy atom. The van der Waals surface area contributed by atoms with Gasteiger partial charge in [-0.1, -0.05) is 20.8 Å². The molecule has 0 rings (SSSR count). The van der Waals surface area contributed by atoms with Gasteiger partial charge < -0.3 is 16.2 Å². The van der Waals surface area contributed by atoms with Gasteiger partial charge in [-0.2, -0.15) is 0 Å². The first-order chi connectivity index (χ1) is 7.25. The van der Waals surface area contributed by atoms with Crippen LogP contribution in [0.5, 0.6) is 0 Å². The summed E-state index contributed by atoms with van der Waals surface area (Å²) in [7, 11) is 0. The lowest BCUT2D eigenvalue weighted by atomic mass is 10.0. The fraction of sp³-hybridized carbons (Fsp3) is 0.818. The molecule has 0 radical (unpaired) electrons. The molecule has 0 heterocycles. The number of carbonyl (C=O) groups excluding carboxylic acids is 1. The van der Waals surface area contributed by atoms with Crippen LogP contribution in [0.25, 0.3) is 0 Å². The van der Waals surface area contributed by atoms with Crippen LogP contribution in [0, 0.1) is 11.8 Å². The zero-order valence-electron chi connectivity index (χ0n) is 10.4. The van der Waals surface area contributed by atoms with Crippen molar-refractivity contribution in [3.05, 3.63) is 0 Å². The SMILES string of the molecule is CC(C)C[C@@H](NC(=O)C(C)C(C)N)C(=O)O. The van der Waals surface area contributed by atoms with Crippen LogP contribution < -0.4 is 11.1 Å². The van der Waals surface area contributed by atoms with E-state index in [0.717, 1.165) is 0 Å². The average molecular weight is 230 g/mol. The molecule has 0 aromatic rings. The molecule has 16 heavy (non-hydrogen) atoms. The number of carbonyl (C=O) groups is 2. The lowest BCUT2D eigenvalue weighted by molar-refractivity contribution is -0.143. The van der Waals surface area contributed by atoms with Crippen LogP contribution in [0.4, 0.5) is 0 Å². The normalized spacial score (nSPS) is 16.6. The summed E-state index contributed by atoms with van der Waals surface area (Å²) >= 11 is 0. The molecule has 1 amide bonds. The molecule has 0 aromatic heterocycles. The minimum atomic E-state index is -1.00. The van der Waals surface area contributed by atoms with Gasteiger partial charge in [0.2, 0.25) is 5.91 Å². The molecule has 94 valence electrons. The first-order valence-electron chi connectivity index (χ1n) is 5.54. The molecule has 0 saturated heterocycles. The third-order valence-electron chi connectivity index (χ3n) is 2.52. The van der Waals surface area contributed by atoms with Crippen LogP contribution >= 0.6 is 0 Å². The highest BCUT2D eigenvalue weighted by atomic mass is 16.4. The summed E-state index contributed by atoms with van der Waals surface area (Å²) in [5.74, 6) is -1.47. The summed E-state index contributed by atoms with van der Waals surface area (Å²) < 4.78 is 0. The molecule has 2 unspecified atom stereocenters. The quantitative estimate of drug-likeness (QED) is 0.622. The van der Waals surface area contributed by atoms with Gasteiger partial charge in [-0.15, -0.1) is 0 Å². The zero-order valence-corrected chi connectivity index (χ0v) is 10.4. The summed E-state index contributed by atoms with van der Waals surface area (Å²) in [5.41, 5.74) is 5.58. The van der Waals surface area contributed by atoms with Gasteiger partial charge in [-0.25, -0.2) is 4.79 Å². The second kappa shape index (κ2) is 6.48. The van der Waals surface area contributed by atoms with Crippen LogP contribution in [-0.2, 0) is 9.59 Å². The Kier molecular flexibility index (Phi) is 6.03. The first-order valence-corrected chi connectivity index (χ1v) is 5.54. The fourth-order valence-electron chi connectivity index (χ4n) is 1.23. The molecule has 3 atom stereocenters. The Morgan fingerprint density at radius 2 is 1.75 bits per heavy atom. The predicted octanol–water partition coefficient (Wildman–Crippen LogP) is 0.585. The van der Waals surface area contributed by atoms with Crippen LogP contribution in [0.3, 0.4) is 0 Å². The molecule has 0 aliphatic carbocycles. The number of amides is 1. The number of rotatable bonds is 6. The Morgan fingerprint density at radius 1 is 1.25 bits per heavy atom. The van der Waals surface area contributed by atoms with Gasteiger partial charge in [-0.3, -0.25) is 4.79 Å². The van der Waals surface area contributed by atoms with E-state index in [9.17, 15) is 9.59 Å². The van der Waals surface area contributed by atoms with Crippen molar-refractivity contribution in [2.24, 2.45) is 17.6 Å². The van der Waals surface area contributed by atoms with Crippen molar-refractivity contribution in [2.75, 3.05) is 0 Å². The summed E-state index contributed by atoms with van der Waals surface area (Å²) in [6, 6.07) is -1.11. The third kappa shape index (κ3) is 5.11. The predicted molar refractivity (Wildman–Crippen MR) is 61.8 cm³/mol. The maximum absolute atomic E-state index is 11.6. The molecule has 5 nitrogen and oxygen atoms in total. The van der Waals surface area contributed by atoms with E-state index in [1.54, 1.807) is 13.8 Å². The third-order valence-corrected chi connectivity index (χ3v) is 2.52. The van der Waals surface area contributed by atoms with E-state index >= 15 is 0 Å². The average Bonchev–Trinajstić information content (AvgIpc) is 2.14. The van der Waals surface area contributed by atoms with Gasteiger partial charge >= 0.3 is 5.97 Å². The van der Waals surface area contributed by atoms with Crippen molar-refractivity contribution < 1.29 is 14.7 Å². The number of carboxylic acids is 1. The van der Waals surface area contributed by atoms with Crippen LogP contribution in [-0.4, -0.2) is 29.1 Å². The summed E-state index contributed by atoms with van der Waals surface area (Å²) in [6.07, 6.45) is 0.423. The molecule has 0 fully saturated rings. The van der Waals surface area contributed by atoms with Crippen LogP contribution in [0.2, 0.25) is 0 Å². The summed E-state index contributed by atoms with van der Waals surface area (Å²) in [4.78, 5) is 22.5. The Hall–Kier alpha value is -1.10. The fourth-order valence-corrected chi connectivity index (χ4v) is 1.23. The molecule has 0 bridgehead atoms. The number of carboxylic acid groups (broad SMARTS) is 1. The standard InChI is InChI=1S/C11H22N2O3/c1-6(2)5-9(11(15)16)13-10(14)7(3)8(4)12/h6-9H,5,12H2,1-4H3,(H,13,14)(H,15,16)/t7?,8?,9-/m1/s1. The molecule has 0 aliphatic heterocycles. The zero-order chi connectivity index (χ0) is 12.9. The maximum Gasteiger partial charge on any atom is 0.326 e. The second-order valence-electron chi connectivity index (χ2n) is 4.68. The lowest BCUT2D eigenvalue weighted by Gasteiger charge is -2.20. The first kappa shape index (κ1) is 14.9. The number of nitrogens with two attached hydrogens (primary N) is 1. The van der Waals surface area contributed by atoms with Crippen molar-refractivity contribution in [1.82, 2.24) is 5.32 Å². The summed E-state index contributed by atoms with van der Waals surface area (Å²) in [5, 5.41) is 11.5. The number of nitrogens with one attached hydrogen (secondary N) is 1. The number of aliphatic carboxylic acids is 1. The van der Waals surface area contributed by atoms with Crippen molar-refractivity contribution in [3.8, 4) is 0 Å². The van der Waals surface area contributed by atoms with Crippen molar-refractivity contribution in [1.29, 1.82) is 0 Å². The Bertz CT molecular complexity index is 252. The van der Waals surface area contributed by atoms with E-state index in [0.29, 0.717) is 6.42 Å². The van der Waals surface area contributed by atoms with Crippen LogP contribution in [0.1, 0.15) is 34.1 Å². The molecule has 4 N–H and O–H groups in total. The number of hydrogen-bond acceptors (Lipinski definition) is 3. The van der Waals surface area contributed by atoms with Crippen LogP contribution in [0.15, 0.2) is 0 Å². The Labute approximate surface area is 96.4 Å². The minimum absolute atomic E-state index is 0.215.